The molecule has 0 heterocycles. The number of carbonyl (C=O) groups is 2. The van der Waals surface area contributed by atoms with Crippen LogP contribution in [0.2, 0.25) is 10.0 Å². The molecule has 1 N–H and O–H groups in total. The average Bonchev–Trinajstić information content (AvgIpc) is 3.00. The van der Waals surface area contributed by atoms with E-state index in [9.17, 15) is 22.8 Å². The number of Topliss-reactive ketones (excluding diaryl/α,β-unsaturated/α-hetero) is 1. The number of benzene rings is 1. The van der Waals surface area contributed by atoms with Gasteiger partial charge in [-0.25, -0.2) is 0 Å². The summed E-state index contributed by atoms with van der Waals surface area (Å²) in [4.78, 5) is 23.2. The zero-order chi connectivity index (χ0) is 16.2. The van der Waals surface area contributed by atoms with E-state index in [2.05, 4.69) is 0 Å². The monoisotopic (exact) mass is 340 g/mol. The van der Waals surface area contributed by atoms with Gasteiger partial charge in [-0.3, -0.25) is 9.59 Å². The van der Waals surface area contributed by atoms with Crippen LogP contribution in [0.5, 0.6) is 0 Å². The number of alkyl halides is 3. The molecule has 0 aliphatic heterocycles. The molecular formula is C13H9Cl2F3O3. The summed E-state index contributed by atoms with van der Waals surface area (Å²) in [6.45, 7) is 0.742. The highest BCUT2D eigenvalue weighted by molar-refractivity contribution is 6.42. The highest BCUT2D eigenvalue weighted by atomic mass is 35.5. The lowest BCUT2D eigenvalue weighted by Gasteiger charge is -2.15. The number of aliphatic carboxylic acids is 1. The van der Waals surface area contributed by atoms with Crippen LogP contribution in [0.15, 0.2) is 18.2 Å². The summed E-state index contributed by atoms with van der Waals surface area (Å²) in [5.41, 5.74) is -2.66. The topological polar surface area (TPSA) is 54.4 Å². The molecule has 1 aliphatic carbocycles. The Morgan fingerprint density at radius 3 is 2.14 bits per heavy atom. The van der Waals surface area contributed by atoms with Gasteiger partial charge in [0.05, 0.1) is 27.3 Å². The van der Waals surface area contributed by atoms with Gasteiger partial charge in [0.2, 0.25) is 0 Å². The SMILES string of the molecule is CC1(C(F)(F)F)C(C(=O)O)C1C(=O)c1ccc(Cl)c(Cl)c1. The maximum absolute atomic E-state index is 13.0. The van der Waals surface area contributed by atoms with Gasteiger partial charge in [-0.15, -0.1) is 0 Å². The maximum atomic E-state index is 13.0. The molecule has 0 bridgehead atoms. The van der Waals surface area contributed by atoms with Crippen molar-refractivity contribution in [1.29, 1.82) is 0 Å². The van der Waals surface area contributed by atoms with Gasteiger partial charge >= 0.3 is 12.1 Å². The fourth-order valence-electron chi connectivity index (χ4n) is 2.52. The Morgan fingerprint density at radius 2 is 1.76 bits per heavy atom. The molecule has 1 aromatic carbocycles. The summed E-state index contributed by atoms with van der Waals surface area (Å²) in [6.07, 6.45) is -4.79. The molecule has 3 atom stereocenters. The molecule has 0 radical (unpaired) electrons. The normalized spacial score (nSPS) is 28.3. The Bertz CT molecular complexity index is 630. The van der Waals surface area contributed by atoms with Crippen molar-refractivity contribution in [2.24, 2.45) is 17.3 Å². The van der Waals surface area contributed by atoms with Crippen molar-refractivity contribution >= 4 is 35.0 Å². The smallest absolute Gasteiger partial charge is 0.395 e. The summed E-state index contributed by atoms with van der Waals surface area (Å²) in [5, 5.41) is 9.09. The third-order valence-corrected chi connectivity index (χ3v) is 4.62. The van der Waals surface area contributed by atoms with Crippen LogP contribution in [-0.2, 0) is 4.79 Å². The Balaban J connectivity index is 2.39. The summed E-state index contributed by atoms with van der Waals surface area (Å²) >= 11 is 11.4. The number of hydrogen-bond acceptors (Lipinski definition) is 2. The van der Waals surface area contributed by atoms with Crippen LogP contribution in [-0.4, -0.2) is 23.0 Å². The maximum Gasteiger partial charge on any atom is 0.395 e. The molecule has 1 fully saturated rings. The minimum atomic E-state index is -4.79. The van der Waals surface area contributed by atoms with Crippen LogP contribution in [0.25, 0.3) is 0 Å². The number of carboxylic acids is 1. The molecule has 0 aromatic heterocycles. The summed E-state index contributed by atoms with van der Waals surface area (Å²) in [6, 6.07) is 3.64. The molecule has 1 aliphatic rings. The van der Waals surface area contributed by atoms with E-state index < -0.39 is 35.2 Å². The number of carbonyl (C=O) groups excluding carboxylic acids is 1. The number of rotatable bonds is 3. The second kappa shape index (κ2) is 4.88. The van der Waals surface area contributed by atoms with Crippen molar-refractivity contribution < 1.29 is 27.9 Å². The minimum absolute atomic E-state index is 0.0174. The summed E-state index contributed by atoms with van der Waals surface area (Å²) < 4.78 is 39.1. The van der Waals surface area contributed by atoms with Gasteiger partial charge < -0.3 is 5.11 Å². The predicted octanol–water partition coefficient (Wildman–Crippen LogP) is 4.08. The van der Waals surface area contributed by atoms with Crippen LogP contribution >= 0.6 is 23.2 Å². The van der Waals surface area contributed by atoms with Gasteiger partial charge in [0.15, 0.2) is 5.78 Å². The Morgan fingerprint density at radius 1 is 1.19 bits per heavy atom. The van der Waals surface area contributed by atoms with Crippen LogP contribution in [0.3, 0.4) is 0 Å². The predicted molar refractivity (Wildman–Crippen MR) is 69.6 cm³/mol. The first-order chi connectivity index (χ1) is 9.51. The van der Waals surface area contributed by atoms with Gasteiger partial charge in [0.1, 0.15) is 0 Å². The Kier molecular flexibility index (Phi) is 3.74. The van der Waals surface area contributed by atoms with E-state index in [1.165, 1.54) is 12.1 Å². The van der Waals surface area contributed by atoms with Crippen molar-refractivity contribution in [2.75, 3.05) is 0 Å². The number of halogens is 5. The molecule has 8 heteroatoms. The summed E-state index contributed by atoms with van der Waals surface area (Å²) in [5.74, 6) is -6.00. The molecular weight excluding hydrogens is 332 g/mol. The first kappa shape index (κ1) is 16.1. The average molecular weight is 341 g/mol. The molecule has 3 nitrogen and oxygen atoms in total. The van der Waals surface area contributed by atoms with Crippen molar-refractivity contribution in [3.63, 3.8) is 0 Å². The first-order valence-corrected chi connectivity index (χ1v) is 6.56. The molecule has 0 spiro atoms. The fraction of sp³-hybridized carbons (Fsp3) is 0.385. The van der Waals surface area contributed by atoms with Crippen molar-refractivity contribution in [3.05, 3.63) is 33.8 Å². The van der Waals surface area contributed by atoms with E-state index in [0.717, 1.165) is 13.0 Å². The number of carboxylic acid groups (broad SMARTS) is 1. The third-order valence-electron chi connectivity index (χ3n) is 3.88. The lowest BCUT2D eigenvalue weighted by molar-refractivity contribution is -0.192. The number of ketones is 1. The van der Waals surface area contributed by atoms with E-state index in [4.69, 9.17) is 28.3 Å². The van der Waals surface area contributed by atoms with Crippen LogP contribution in [0.1, 0.15) is 17.3 Å². The van der Waals surface area contributed by atoms with Crippen molar-refractivity contribution in [1.82, 2.24) is 0 Å². The lowest BCUT2D eigenvalue weighted by Crippen LogP contribution is -2.27. The zero-order valence-electron chi connectivity index (χ0n) is 10.5. The van der Waals surface area contributed by atoms with E-state index in [-0.39, 0.29) is 15.6 Å². The highest BCUT2D eigenvalue weighted by Crippen LogP contribution is 2.67. The molecule has 1 aromatic rings. The van der Waals surface area contributed by atoms with Gasteiger partial charge in [0, 0.05) is 5.56 Å². The summed E-state index contributed by atoms with van der Waals surface area (Å²) in [7, 11) is 0. The van der Waals surface area contributed by atoms with Gasteiger partial charge in [0.25, 0.3) is 0 Å². The van der Waals surface area contributed by atoms with E-state index >= 15 is 0 Å². The fourth-order valence-corrected chi connectivity index (χ4v) is 2.82. The van der Waals surface area contributed by atoms with Crippen molar-refractivity contribution in [2.45, 2.75) is 13.1 Å². The molecule has 3 unspecified atom stereocenters. The second-order valence-corrected chi connectivity index (χ2v) is 5.88. The quantitative estimate of drug-likeness (QED) is 0.843. The van der Waals surface area contributed by atoms with E-state index in [0.29, 0.717) is 0 Å². The molecule has 2 rings (SSSR count). The van der Waals surface area contributed by atoms with Crippen LogP contribution in [0, 0.1) is 17.3 Å². The van der Waals surface area contributed by atoms with Gasteiger partial charge in [-0.1, -0.05) is 23.2 Å². The molecule has 0 amide bonds. The Labute approximate surface area is 127 Å². The third kappa shape index (κ3) is 2.40. The largest absolute Gasteiger partial charge is 0.481 e. The standard InChI is InChI=1S/C13H9Cl2F3O3/c1-12(13(16,17)18)8(9(12)11(20)21)10(19)5-2-3-6(14)7(15)4-5/h2-4,8-9H,1H3,(H,20,21). The molecule has 0 saturated heterocycles. The van der Waals surface area contributed by atoms with Crippen LogP contribution < -0.4 is 0 Å². The van der Waals surface area contributed by atoms with Crippen LogP contribution in [0.4, 0.5) is 13.2 Å². The zero-order valence-corrected chi connectivity index (χ0v) is 12.1. The minimum Gasteiger partial charge on any atom is -0.481 e. The van der Waals surface area contributed by atoms with E-state index in [1.54, 1.807) is 0 Å². The molecule has 21 heavy (non-hydrogen) atoms. The van der Waals surface area contributed by atoms with E-state index in [1.807, 2.05) is 0 Å². The first-order valence-electron chi connectivity index (χ1n) is 5.80. The Hall–Kier alpha value is -1.27. The number of hydrogen-bond donors (Lipinski definition) is 1. The van der Waals surface area contributed by atoms with Gasteiger partial charge in [-0.05, 0) is 25.1 Å². The van der Waals surface area contributed by atoms with Crippen molar-refractivity contribution in [3.8, 4) is 0 Å². The molecule has 114 valence electrons. The second-order valence-electron chi connectivity index (χ2n) is 5.07. The highest BCUT2D eigenvalue weighted by Gasteiger charge is 2.80. The molecule has 1 saturated carbocycles. The lowest BCUT2D eigenvalue weighted by atomic mass is 9.99. The van der Waals surface area contributed by atoms with Gasteiger partial charge in [-0.2, -0.15) is 13.2 Å².